The molecule has 1 aromatic carbocycles. The normalized spacial score (nSPS) is 20.6. The molecule has 0 atom stereocenters. The Morgan fingerprint density at radius 3 is 2.50 bits per heavy atom. The average Bonchev–Trinajstić information content (AvgIpc) is 2.19. The summed E-state index contributed by atoms with van der Waals surface area (Å²) >= 11 is 1.90. The molecule has 0 unspecified atom stereocenters. The molecule has 1 saturated heterocycles. The first-order valence-corrected chi connectivity index (χ1v) is 6.03. The van der Waals surface area contributed by atoms with Crippen LogP contribution in [0.4, 0.5) is 5.69 Å². The van der Waals surface area contributed by atoms with Crippen molar-refractivity contribution in [1.29, 1.82) is 0 Å². The van der Waals surface area contributed by atoms with Crippen LogP contribution in [0.2, 0.25) is 0 Å². The van der Waals surface area contributed by atoms with Crippen LogP contribution in [0.5, 0.6) is 0 Å². The lowest BCUT2D eigenvalue weighted by molar-refractivity contribution is 0.0288. The van der Waals surface area contributed by atoms with Crippen molar-refractivity contribution in [1.82, 2.24) is 0 Å². The number of thioether (sulfide) groups is 1. The van der Waals surface area contributed by atoms with Crippen LogP contribution in [-0.4, -0.2) is 16.6 Å². The van der Waals surface area contributed by atoms with Crippen molar-refractivity contribution in [3.8, 4) is 0 Å². The second-order valence-corrected chi connectivity index (χ2v) is 4.96. The Labute approximate surface area is 88.5 Å². The number of aliphatic hydroxyl groups is 1. The highest BCUT2D eigenvalue weighted by Crippen LogP contribution is 2.38. The van der Waals surface area contributed by atoms with Gasteiger partial charge in [0.1, 0.15) is 0 Å². The van der Waals surface area contributed by atoms with Crippen LogP contribution in [0.3, 0.4) is 0 Å². The second kappa shape index (κ2) is 3.83. The number of hydrogen-bond donors (Lipinski definition) is 2. The molecule has 0 aromatic heterocycles. The van der Waals surface area contributed by atoms with E-state index in [0.29, 0.717) is 5.69 Å². The van der Waals surface area contributed by atoms with Crippen molar-refractivity contribution in [3.05, 3.63) is 29.8 Å². The quantitative estimate of drug-likeness (QED) is 0.695. The average molecular weight is 209 g/mol. The Hall–Kier alpha value is -0.670. The van der Waals surface area contributed by atoms with Gasteiger partial charge in [-0.3, -0.25) is 0 Å². The minimum atomic E-state index is -0.684. The summed E-state index contributed by atoms with van der Waals surface area (Å²) in [6, 6.07) is 7.63. The first kappa shape index (κ1) is 9.87. The highest BCUT2D eigenvalue weighted by atomic mass is 32.2. The molecule has 76 valence electrons. The van der Waals surface area contributed by atoms with Crippen molar-refractivity contribution >= 4 is 17.4 Å². The summed E-state index contributed by atoms with van der Waals surface area (Å²) in [6.07, 6.45) is 1.62. The minimum Gasteiger partial charge on any atom is -0.398 e. The Balaban J connectivity index is 2.32. The summed E-state index contributed by atoms with van der Waals surface area (Å²) in [4.78, 5) is 0. The Bertz CT molecular complexity index is 321. The van der Waals surface area contributed by atoms with Crippen LogP contribution < -0.4 is 5.73 Å². The number of rotatable bonds is 1. The summed E-state index contributed by atoms with van der Waals surface area (Å²) < 4.78 is 0. The highest BCUT2D eigenvalue weighted by molar-refractivity contribution is 7.99. The monoisotopic (exact) mass is 209 g/mol. The lowest BCUT2D eigenvalue weighted by Crippen LogP contribution is -2.31. The molecule has 3 heteroatoms. The molecular weight excluding hydrogens is 194 g/mol. The van der Waals surface area contributed by atoms with E-state index in [1.54, 1.807) is 0 Å². The van der Waals surface area contributed by atoms with Crippen molar-refractivity contribution in [3.63, 3.8) is 0 Å². The molecule has 1 heterocycles. The van der Waals surface area contributed by atoms with Crippen molar-refractivity contribution in [2.24, 2.45) is 0 Å². The van der Waals surface area contributed by atoms with Gasteiger partial charge in [-0.25, -0.2) is 0 Å². The zero-order chi connectivity index (χ0) is 10.0. The Kier molecular flexibility index (Phi) is 2.70. The van der Waals surface area contributed by atoms with Gasteiger partial charge in [0.2, 0.25) is 0 Å². The van der Waals surface area contributed by atoms with Gasteiger partial charge in [0.25, 0.3) is 0 Å². The fourth-order valence-electron chi connectivity index (χ4n) is 1.90. The molecule has 1 aliphatic rings. The lowest BCUT2D eigenvalue weighted by Gasteiger charge is -2.33. The number of nitrogen functional groups attached to an aromatic ring is 1. The van der Waals surface area contributed by atoms with Crippen LogP contribution in [0.25, 0.3) is 0 Å². The maximum Gasteiger partial charge on any atom is 0.0932 e. The predicted octanol–water partition coefficient (Wildman–Crippen LogP) is 1.98. The molecule has 3 N–H and O–H groups in total. The number of anilines is 1. The number of para-hydroxylation sites is 1. The Morgan fingerprint density at radius 2 is 1.86 bits per heavy atom. The van der Waals surface area contributed by atoms with Gasteiger partial charge in [0.05, 0.1) is 5.60 Å². The maximum absolute atomic E-state index is 10.4. The fraction of sp³-hybridized carbons (Fsp3) is 0.455. The van der Waals surface area contributed by atoms with Gasteiger partial charge >= 0.3 is 0 Å². The van der Waals surface area contributed by atoms with E-state index in [1.807, 2.05) is 36.0 Å². The van der Waals surface area contributed by atoms with E-state index in [2.05, 4.69) is 0 Å². The molecule has 1 aromatic rings. The van der Waals surface area contributed by atoms with Gasteiger partial charge < -0.3 is 10.8 Å². The fourth-order valence-corrected chi connectivity index (χ4v) is 3.07. The van der Waals surface area contributed by atoms with Gasteiger partial charge in [-0.15, -0.1) is 0 Å². The lowest BCUT2D eigenvalue weighted by atomic mass is 9.87. The summed E-state index contributed by atoms with van der Waals surface area (Å²) in [6.45, 7) is 0. The van der Waals surface area contributed by atoms with Crippen LogP contribution in [0.1, 0.15) is 18.4 Å². The van der Waals surface area contributed by atoms with Crippen LogP contribution in [-0.2, 0) is 5.60 Å². The minimum absolute atomic E-state index is 0.684. The third kappa shape index (κ3) is 1.74. The van der Waals surface area contributed by atoms with Gasteiger partial charge in [0.15, 0.2) is 0 Å². The maximum atomic E-state index is 10.4. The van der Waals surface area contributed by atoms with Crippen molar-refractivity contribution in [2.75, 3.05) is 17.2 Å². The molecule has 0 aliphatic carbocycles. The first-order chi connectivity index (χ1) is 6.72. The third-order valence-corrected chi connectivity index (χ3v) is 3.77. The molecule has 0 radical (unpaired) electrons. The first-order valence-electron chi connectivity index (χ1n) is 4.87. The molecular formula is C11H15NOS. The zero-order valence-electron chi connectivity index (χ0n) is 8.07. The van der Waals surface area contributed by atoms with E-state index in [1.165, 1.54) is 0 Å². The number of hydrogen-bond acceptors (Lipinski definition) is 3. The summed E-state index contributed by atoms with van der Waals surface area (Å²) in [5.74, 6) is 2.04. The van der Waals surface area contributed by atoms with Gasteiger partial charge in [-0.2, -0.15) is 11.8 Å². The molecule has 2 nitrogen and oxygen atoms in total. The summed E-state index contributed by atoms with van der Waals surface area (Å²) in [5, 5.41) is 10.4. The standard InChI is InChI=1S/C11H15NOS/c12-10-4-2-1-3-9(10)11(13)5-7-14-8-6-11/h1-4,13H,5-8,12H2. The topological polar surface area (TPSA) is 46.2 Å². The number of benzene rings is 1. The molecule has 0 bridgehead atoms. The van der Waals surface area contributed by atoms with Gasteiger partial charge in [0, 0.05) is 11.3 Å². The smallest absolute Gasteiger partial charge is 0.0932 e. The summed E-state index contributed by atoms with van der Waals surface area (Å²) in [5.41, 5.74) is 6.80. The summed E-state index contributed by atoms with van der Waals surface area (Å²) in [7, 11) is 0. The molecule has 1 fully saturated rings. The van der Waals surface area contributed by atoms with Gasteiger partial charge in [-0.05, 0) is 30.4 Å². The van der Waals surface area contributed by atoms with Crippen LogP contribution in [0, 0.1) is 0 Å². The zero-order valence-corrected chi connectivity index (χ0v) is 8.89. The van der Waals surface area contributed by atoms with E-state index in [-0.39, 0.29) is 0 Å². The molecule has 0 amide bonds. The van der Waals surface area contributed by atoms with E-state index < -0.39 is 5.60 Å². The molecule has 14 heavy (non-hydrogen) atoms. The second-order valence-electron chi connectivity index (χ2n) is 3.73. The van der Waals surface area contributed by atoms with Crippen molar-refractivity contribution < 1.29 is 5.11 Å². The predicted molar refractivity (Wildman–Crippen MR) is 61.3 cm³/mol. The number of nitrogens with two attached hydrogens (primary N) is 1. The SMILES string of the molecule is Nc1ccccc1C1(O)CCSCC1. The third-order valence-electron chi connectivity index (χ3n) is 2.78. The van der Waals surface area contributed by atoms with Crippen molar-refractivity contribution in [2.45, 2.75) is 18.4 Å². The van der Waals surface area contributed by atoms with E-state index in [0.717, 1.165) is 29.9 Å². The molecule has 0 spiro atoms. The van der Waals surface area contributed by atoms with Gasteiger partial charge in [-0.1, -0.05) is 18.2 Å². The van der Waals surface area contributed by atoms with E-state index in [4.69, 9.17) is 5.73 Å². The highest BCUT2D eigenvalue weighted by Gasteiger charge is 2.32. The molecule has 1 aliphatic heterocycles. The van der Waals surface area contributed by atoms with E-state index in [9.17, 15) is 5.11 Å². The van der Waals surface area contributed by atoms with E-state index >= 15 is 0 Å². The van der Waals surface area contributed by atoms with Crippen LogP contribution in [0.15, 0.2) is 24.3 Å². The molecule has 0 saturated carbocycles. The molecule has 2 rings (SSSR count). The van der Waals surface area contributed by atoms with Crippen LogP contribution >= 0.6 is 11.8 Å². The Morgan fingerprint density at radius 1 is 1.21 bits per heavy atom. The largest absolute Gasteiger partial charge is 0.398 e.